The summed E-state index contributed by atoms with van der Waals surface area (Å²) in [6.45, 7) is 0. The lowest BCUT2D eigenvalue weighted by Crippen LogP contribution is -2.20. The van der Waals surface area contributed by atoms with Gasteiger partial charge in [-0.05, 0) is 42.5 Å². The highest BCUT2D eigenvalue weighted by Crippen LogP contribution is 2.27. The molecule has 0 atom stereocenters. The van der Waals surface area contributed by atoms with Crippen LogP contribution in [0.5, 0.6) is 0 Å². The van der Waals surface area contributed by atoms with Gasteiger partial charge in [0.25, 0.3) is 0 Å². The van der Waals surface area contributed by atoms with Gasteiger partial charge in [-0.15, -0.1) is 0 Å². The van der Waals surface area contributed by atoms with Gasteiger partial charge >= 0.3 is 11.7 Å². The van der Waals surface area contributed by atoms with Crippen LogP contribution in [0.4, 0.5) is 20.6 Å². The first-order valence-corrected chi connectivity index (χ1v) is 8.91. The zero-order valence-corrected chi connectivity index (χ0v) is 15.5. The number of halogens is 2. The molecule has 4 rings (SSSR count). The third-order valence-electron chi connectivity index (χ3n) is 4.12. The predicted octanol–water partition coefficient (Wildman–Crippen LogP) is 5.29. The van der Waals surface area contributed by atoms with Crippen molar-refractivity contribution in [2.24, 2.45) is 0 Å². The minimum Gasteiger partial charge on any atom is -0.403 e. The van der Waals surface area contributed by atoms with Crippen LogP contribution in [0.2, 0.25) is 5.02 Å². The van der Waals surface area contributed by atoms with Crippen LogP contribution >= 0.6 is 11.6 Å². The molecule has 4 aromatic rings. The van der Waals surface area contributed by atoms with Crippen molar-refractivity contribution < 1.29 is 13.6 Å². The Morgan fingerprint density at radius 2 is 1.76 bits per heavy atom. The van der Waals surface area contributed by atoms with Crippen LogP contribution in [0.25, 0.3) is 22.4 Å². The lowest BCUT2D eigenvalue weighted by molar-refractivity contribution is 0.262. The van der Waals surface area contributed by atoms with Crippen molar-refractivity contribution in [1.82, 2.24) is 4.98 Å². The second-order valence-electron chi connectivity index (χ2n) is 6.08. The van der Waals surface area contributed by atoms with E-state index >= 15 is 0 Å². The van der Waals surface area contributed by atoms with Crippen LogP contribution in [0.1, 0.15) is 0 Å². The number of anilines is 2. The normalized spacial score (nSPS) is 10.7. The summed E-state index contributed by atoms with van der Waals surface area (Å²) in [6.07, 6.45) is 0. The SMILES string of the molecule is O=C(Nc1ccc(F)c(Cl)c1)Nc1ccccc1-c1nc2ccccc2c(=O)o1. The van der Waals surface area contributed by atoms with Crippen molar-refractivity contribution >= 4 is 39.9 Å². The zero-order valence-electron chi connectivity index (χ0n) is 14.8. The number of aromatic nitrogens is 1. The van der Waals surface area contributed by atoms with Gasteiger partial charge in [0.05, 0.1) is 27.2 Å². The molecule has 2 N–H and O–H groups in total. The highest BCUT2D eigenvalue weighted by molar-refractivity contribution is 6.31. The van der Waals surface area contributed by atoms with Crippen molar-refractivity contribution in [1.29, 1.82) is 0 Å². The standard InChI is InChI=1S/C21H13ClFN3O3/c22-15-11-12(9-10-16(15)23)24-21(28)26-17-7-3-1-5-13(17)19-25-18-8-4-2-6-14(18)20(27)29-19/h1-11H,(H2,24,26,28). The Morgan fingerprint density at radius 1 is 1.00 bits per heavy atom. The summed E-state index contributed by atoms with van der Waals surface area (Å²) in [5, 5.41) is 5.50. The smallest absolute Gasteiger partial charge is 0.347 e. The first-order valence-electron chi connectivity index (χ1n) is 8.53. The maximum Gasteiger partial charge on any atom is 0.347 e. The van der Waals surface area contributed by atoms with Crippen molar-refractivity contribution in [3.05, 3.63) is 88.0 Å². The highest BCUT2D eigenvalue weighted by Gasteiger charge is 2.14. The molecule has 0 unspecified atom stereocenters. The Balaban J connectivity index is 1.64. The second kappa shape index (κ2) is 7.73. The van der Waals surface area contributed by atoms with Gasteiger partial charge in [-0.3, -0.25) is 0 Å². The number of hydrogen-bond donors (Lipinski definition) is 2. The molecule has 0 spiro atoms. The molecule has 0 saturated carbocycles. The number of nitrogens with zero attached hydrogens (tertiary/aromatic N) is 1. The van der Waals surface area contributed by atoms with Crippen LogP contribution in [0.15, 0.2) is 75.9 Å². The van der Waals surface area contributed by atoms with Crippen LogP contribution in [-0.2, 0) is 0 Å². The summed E-state index contributed by atoms with van der Waals surface area (Å²) in [6, 6.07) is 16.8. The Labute approximate surface area is 169 Å². The first kappa shape index (κ1) is 18.6. The number of carbonyl (C=O) groups excluding carboxylic acids is 1. The first-order chi connectivity index (χ1) is 14.0. The summed E-state index contributed by atoms with van der Waals surface area (Å²) in [7, 11) is 0. The molecule has 144 valence electrons. The monoisotopic (exact) mass is 409 g/mol. The molecular formula is C21H13ClFN3O3. The van der Waals surface area contributed by atoms with Gasteiger partial charge in [0.1, 0.15) is 5.82 Å². The van der Waals surface area contributed by atoms with Crippen LogP contribution in [-0.4, -0.2) is 11.0 Å². The number of urea groups is 1. The van der Waals surface area contributed by atoms with E-state index in [-0.39, 0.29) is 10.9 Å². The number of para-hydroxylation sites is 2. The number of benzene rings is 3. The number of hydrogen-bond acceptors (Lipinski definition) is 4. The van der Waals surface area contributed by atoms with Gasteiger partial charge < -0.3 is 15.1 Å². The second-order valence-corrected chi connectivity index (χ2v) is 6.48. The molecule has 0 bridgehead atoms. The highest BCUT2D eigenvalue weighted by atomic mass is 35.5. The topological polar surface area (TPSA) is 84.2 Å². The fourth-order valence-corrected chi connectivity index (χ4v) is 2.95. The molecule has 0 fully saturated rings. The fourth-order valence-electron chi connectivity index (χ4n) is 2.77. The Morgan fingerprint density at radius 3 is 2.59 bits per heavy atom. The zero-order chi connectivity index (χ0) is 20.4. The lowest BCUT2D eigenvalue weighted by Gasteiger charge is -2.11. The largest absolute Gasteiger partial charge is 0.403 e. The van der Waals surface area contributed by atoms with Crippen molar-refractivity contribution in [2.75, 3.05) is 10.6 Å². The molecule has 3 aromatic carbocycles. The maximum absolute atomic E-state index is 13.3. The molecule has 29 heavy (non-hydrogen) atoms. The van der Waals surface area contributed by atoms with E-state index in [1.54, 1.807) is 48.5 Å². The average Bonchev–Trinajstić information content (AvgIpc) is 2.71. The molecule has 6 nitrogen and oxygen atoms in total. The van der Waals surface area contributed by atoms with E-state index in [1.807, 2.05) is 0 Å². The van der Waals surface area contributed by atoms with Gasteiger partial charge in [0.2, 0.25) is 5.89 Å². The molecule has 2 amide bonds. The number of fused-ring (bicyclic) bond motifs is 1. The van der Waals surface area contributed by atoms with Gasteiger partial charge in [-0.2, -0.15) is 0 Å². The molecule has 0 aliphatic rings. The van der Waals surface area contributed by atoms with Gasteiger partial charge in [0, 0.05) is 5.69 Å². The molecule has 0 saturated heterocycles. The molecule has 0 aliphatic heterocycles. The van der Waals surface area contributed by atoms with Crippen molar-refractivity contribution in [3.8, 4) is 11.5 Å². The molecule has 1 heterocycles. The Kier molecular flexibility index (Phi) is 4.97. The van der Waals surface area contributed by atoms with Crippen molar-refractivity contribution in [2.45, 2.75) is 0 Å². The minimum absolute atomic E-state index is 0.0782. The van der Waals surface area contributed by atoms with E-state index in [1.165, 1.54) is 12.1 Å². The molecule has 0 radical (unpaired) electrons. The predicted molar refractivity (Wildman–Crippen MR) is 110 cm³/mol. The lowest BCUT2D eigenvalue weighted by atomic mass is 10.1. The summed E-state index contributed by atoms with van der Waals surface area (Å²) in [5.41, 5.74) is 1.10. The number of rotatable bonds is 3. The summed E-state index contributed by atoms with van der Waals surface area (Å²) in [4.78, 5) is 29.0. The van der Waals surface area contributed by atoms with E-state index in [9.17, 15) is 14.0 Å². The fraction of sp³-hybridized carbons (Fsp3) is 0. The number of nitrogens with one attached hydrogen (secondary N) is 2. The van der Waals surface area contributed by atoms with E-state index in [2.05, 4.69) is 15.6 Å². The van der Waals surface area contributed by atoms with Gasteiger partial charge in [-0.25, -0.2) is 19.0 Å². The van der Waals surface area contributed by atoms with E-state index < -0.39 is 17.5 Å². The quantitative estimate of drug-likeness (QED) is 0.481. The summed E-state index contributed by atoms with van der Waals surface area (Å²) < 4.78 is 18.6. The number of carbonyl (C=O) groups is 1. The number of amides is 2. The van der Waals surface area contributed by atoms with E-state index in [4.69, 9.17) is 16.0 Å². The van der Waals surface area contributed by atoms with Gasteiger partial charge in [-0.1, -0.05) is 35.9 Å². The summed E-state index contributed by atoms with van der Waals surface area (Å²) >= 11 is 5.73. The Hall–Kier alpha value is -3.71. The van der Waals surface area contributed by atoms with Crippen LogP contribution < -0.4 is 16.3 Å². The van der Waals surface area contributed by atoms with Crippen LogP contribution in [0.3, 0.4) is 0 Å². The van der Waals surface area contributed by atoms with E-state index in [0.29, 0.717) is 27.8 Å². The van der Waals surface area contributed by atoms with E-state index in [0.717, 1.165) is 6.07 Å². The third-order valence-corrected chi connectivity index (χ3v) is 4.41. The van der Waals surface area contributed by atoms with Gasteiger partial charge in [0.15, 0.2) is 0 Å². The maximum atomic E-state index is 13.3. The Bertz CT molecular complexity index is 1290. The molecule has 1 aromatic heterocycles. The molecule has 8 heteroatoms. The molecular weight excluding hydrogens is 397 g/mol. The minimum atomic E-state index is -0.583. The van der Waals surface area contributed by atoms with Crippen LogP contribution in [0, 0.1) is 5.82 Å². The average molecular weight is 410 g/mol. The van der Waals surface area contributed by atoms with Crippen molar-refractivity contribution in [3.63, 3.8) is 0 Å². The molecule has 0 aliphatic carbocycles. The summed E-state index contributed by atoms with van der Waals surface area (Å²) in [5.74, 6) is -0.505. The third kappa shape index (κ3) is 3.95.